The lowest BCUT2D eigenvalue weighted by Gasteiger charge is -2.33. The molecule has 3 nitrogen and oxygen atoms in total. The summed E-state index contributed by atoms with van der Waals surface area (Å²) in [5.74, 6) is 0. The fourth-order valence-electron chi connectivity index (χ4n) is 2.94. The maximum absolute atomic E-state index is 6.60. The van der Waals surface area contributed by atoms with Crippen molar-refractivity contribution in [3.05, 3.63) is 42.1 Å². The maximum atomic E-state index is 6.60. The molecule has 1 fully saturated rings. The molecule has 2 aromatic rings. The van der Waals surface area contributed by atoms with Crippen LogP contribution in [0.4, 0.5) is 0 Å². The largest absolute Gasteiger partial charge is 0.321 e. The summed E-state index contributed by atoms with van der Waals surface area (Å²) in [7, 11) is 0. The Balaban J connectivity index is 2.01. The van der Waals surface area contributed by atoms with Crippen molar-refractivity contribution in [1.82, 2.24) is 10.2 Å². The van der Waals surface area contributed by atoms with Crippen LogP contribution in [-0.2, 0) is 5.54 Å². The van der Waals surface area contributed by atoms with E-state index in [1.165, 1.54) is 30.4 Å². The number of nitrogens with one attached hydrogen (secondary N) is 1. The Hall–Kier alpha value is -1.61. The van der Waals surface area contributed by atoms with E-state index in [0.29, 0.717) is 0 Å². The van der Waals surface area contributed by atoms with Crippen LogP contribution in [0.1, 0.15) is 37.7 Å². The Morgan fingerprint density at radius 3 is 2.50 bits per heavy atom. The van der Waals surface area contributed by atoms with Crippen molar-refractivity contribution in [2.75, 3.05) is 0 Å². The Morgan fingerprint density at radius 2 is 1.78 bits per heavy atom. The summed E-state index contributed by atoms with van der Waals surface area (Å²) in [5, 5.41) is 7.33. The van der Waals surface area contributed by atoms with Gasteiger partial charge in [0.15, 0.2) is 0 Å². The molecule has 0 unspecified atom stereocenters. The van der Waals surface area contributed by atoms with Crippen molar-refractivity contribution >= 4 is 0 Å². The van der Waals surface area contributed by atoms with Crippen molar-refractivity contribution in [2.24, 2.45) is 5.73 Å². The number of H-pyrrole nitrogens is 1. The predicted molar refractivity (Wildman–Crippen MR) is 73.0 cm³/mol. The summed E-state index contributed by atoms with van der Waals surface area (Å²) < 4.78 is 0. The predicted octanol–water partition coefficient (Wildman–Crippen LogP) is 3.19. The average Bonchev–Trinajstić information content (AvgIpc) is 2.91. The van der Waals surface area contributed by atoms with Crippen molar-refractivity contribution in [2.45, 2.75) is 37.6 Å². The van der Waals surface area contributed by atoms with E-state index in [1.54, 1.807) is 0 Å². The van der Waals surface area contributed by atoms with Gasteiger partial charge in [-0.05, 0) is 18.4 Å². The molecule has 0 bridgehead atoms. The molecule has 3 N–H and O–H groups in total. The van der Waals surface area contributed by atoms with E-state index in [1.807, 2.05) is 24.4 Å². The van der Waals surface area contributed by atoms with Crippen molar-refractivity contribution < 1.29 is 0 Å². The third kappa shape index (κ3) is 1.95. The molecule has 1 aromatic carbocycles. The molecular weight excluding hydrogens is 222 g/mol. The summed E-state index contributed by atoms with van der Waals surface area (Å²) >= 11 is 0. The molecule has 0 atom stereocenters. The molecule has 0 saturated heterocycles. The first kappa shape index (κ1) is 11.5. The molecule has 0 aliphatic heterocycles. The van der Waals surface area contributed by atoms with Crippen LogP contribution in [0.15, 0.2) is 36.5 Å². The molecule has 0 spiro atoms. The summed E-state index contributed by atoms with van der Waals surface area (Å²) in [6.07, 6.45) is 7.77. The van der Waals surface area contributed by atoms with Gasteiger partial charge in [-0.15, -0.1) is 0 Å². The lowest BCUT2D eigenvalue weighted by atomic mass is 9.77. The van der Waals surface area contributed by atoms with Gasteiger partial charge in [0.1, 0.15) is 0 Å². The topological polar surface area (TPSA) is 54.7 Å². The van der Waals surface area contributed by atoms with Crippen LogP contribution >= 0.6 is 0 Å². The highest BCUT2D eigenvalue weighted by Gasteiger charge is 2.32. The number of aromatic amines is 1. The van der Waals surface area contributed by atoms with E-state index < -0.39 is 0 Å². The molecule has 3 heteroatoms. The fourth-order valence-corrected chi connectivity index (χ4v) is 2.94. The Labute approximate surface area is 107 Å². The maximum Gasteiger partial charge on any atom is 0.0700 e. The van der Waals surface area contributed by atoms with Crippen molar-refractivity contribution in [3.63, 3.8) is 0 Å². The van der Waals surface area contributed by atoms with Crippen LogP contribution < -0.4 is 5.73 Å². The lowest BCUT2D eigenvalue weighted by molar-refractivity contribution is 0.303. The molecule has 0 radical (unpaired) electrons. The first-order valence-corrected chi connectivity index (χ1v) is 6.68. The number of nitrogens with zero attached hydrogens (tertiary/aromatic N) is 1. The van der Waals surface area contributed by atoms with Gasteiger partial charge >= 0.3 is 0 Å². The molecule has 0 amide bonds. The molecule has 94 valence electrons. The van der Waals surface area contributed by atoms with Gasteiger partial charge in [0.25, 0.3) is 0 Å². The van der Waals surface area contributed by atoms with E-state index in [9.17, 15) is 0 Å². The highest BCUT2D eigenvalue weighted by molar-refractivity contribution is 5.64. The third-order valence-corrected chi connectivity index (χ3v) is 3.98. The van der Waals surface area contributed by atoms with Gasteiger partial charge in [0.2, 0.25) is 0 Å². The Bertz CT molecular complexity index is 510. The van der Waals surface area contributed by atoms with E-state index in [-0.39, 0.29) is 5.54 Å². The monoisotopic (exact) mass is 241 g/mol. The first-order valence-electron chi connectivity index (χ1n) is 6.68. The second-order valence-corrected chi connectivity index (χ2v) is 5.24. The highest BCUT2D eigenvalue weighted by atomic mass is 15.1. The molecule has 1 aliphatic rings. The Morgan fingerprint density at radius 1 is 1.06 bits per heavy atom. The molecule has 1 aliphatic carbocycles. The zero-order valence-electron chi connectivity index (χ0n) is 10.5. The number of nitrogens with two attached hydrogens (primary N) is 1. The van der Waals surface area contributed by atoms with Gasteiger partial charge in [-0.25, -0.2) is 0 Å². The summed E-state index contributed by atoms with van der Waals surface area (Å²) in [4.78, 5) is 0. The summed E-state index contributed by atoms with van der Waals surface area (Å²) in [6.45, 7) is 0. The van der Waals surface area contributed by atoms with Gasteiger partial charge in [-0.2, -0.15) is 5.10 Å². The van der Waals surface area contributed by atoms with Gasteiger partial charge in [0, 0.05) is 11.1 Å². The zero-order chi connectivity index (χ0) is 12.4. The molecule has 3 rings (SSSR count). The summed E-state index contributed by atoms with van der Waals surface area (Å²) in [6, 6.07) is 10.3. The number of hydrogen-bond donors (Lipinski definition) is 2. The number of hydrogen-bond acceptors (Lipinski definition) is 2. The lowest BCUT2D eigenvalue weighted by Crippen LogP contribution is -2.38. The molecule has 1 aromatic heterocycles. The molecular formula is C15H19N3. The molecule has 1 saturated carbocycles. The SMILES string of the molecule is NC1(c2cn[nH]c2-c2ccccc2)CCCCC1. The van der Waals surface area contributed by atoms with Crippen LogP contribution in [0.3, 0.4) is 0 Å². The van der Waals surface area contributed by atoms with Crippen molar-refractivity contribution in [3.8, 4) is 11.3 Å². The molecule has 18 heavy (non-hydrogen) atoms. The average molecular weight is 241 g/mol. The quantitative estimate of drug-likeness (QED) is 0.848. The summed E-state index contributed by atoms with van der Waals surface area (Å²) in [5.41, 5.74) is 9.83. The van der Waals surface area contributed by atoms with Gasteiger partial charge in [-0.1, -0.05) is 49.6 Å². The fraction of sp³-hybridized carbons (Fsp3) is 0.400. The smallest absolute Gasteiger partial charge is 0.0700 e. The Kier molecular flexibility index (Phi) is 2.92. The van der Waals surface area contributed by atoms with E-state index in [0.717, 1.165) is 18.5 Å². The van der Waals surface area contributed by atoms with Crippen LogP contribution in [0.5, 0.6) is 0 Å². The number of aromatic nitrogens is 2. The van der Waals surface area contributed by atoms with Crippen LogP contribution in [0, 0.1) is 0 Å². The standard InChI is InChI=1S/C15H19N3/c16-15(9-5-2-6-10-15)13-11-17-18-14(13)12-7-3-1-4-8-12/h1,3-4,7-8,11H,2,5-6,9-10,16H2,(H,17,18). The van der Waals surface area contributed by atoms with Crippen LogP contribution in [-0.4, -0.2) is 10.2 Å². The normalized spacial score (nSPS) is 18.7. The number of rotatable bonds is 2. The van der Waals surface area contributed by atoms with Gasteiger partial charge in [-0.3, -0.25) is 5.10 Å². The van der Waals surface area contributed by atoms with Crippen LogP contribution in [0.2, 0.25) is 0 Å². The van der Waals surface area contributed by atoms with Gasteiger partial charge < -0.3 is 5.73 Å². The highest BCUT2D eigenvalue weighted by Crippen LogP contribution is 2.38. The minimum Gasteiger partial charge on any atom is -0.321 e. The minimum atomic E-state index is -0.198. The van der Waals surface area contributed by atoms with E-state index in [2.05, 4.69) is 22.3 Å². The van der Waals surface area contributed by atoms with Gasteiger partial charge in [0.05, 0.1) is 11.9 Å². The van der Waals surface area contributed by atoms with E-state index >= 15 is 0 Å². The van der Waals surface area contributed by atoms with Crippen molar-refractivity contribution in [1.29, 1.82) is 0 Å². The number of benzene rings is 1. The van der Waals surface area contributed by atoms with E-state index in [4.69, 9.17) is 5.73 Å². The molecule has 1 heterocycles. The minimum absolute atomic E-state index is 0.198. The second-order valence-electron chi connectivity index (χ2n) is 5.24. The zero-order valence-corrected chi connectivity index (χ0v) is 10.5. The first-order chi connectivity index (χ1) is 8.80. The second kappa shape index (κ2) is 4.58. The third-order valence-electron chi connectivity index (χ3n) is 3.98. The van der Waals surface area contributed by atoms with Crippen LogP contribution in [0.25, 0.3) is 11.3 Å².